The summed E-state index contributed by atoms with van der Waals surface area (Å²) >= 11 is 0. The maximum atomic E-state index is 11.0. The highest BCUT2D eigenvalue weighted by atomic mass is 16.4. The molecule has 0 amide bonds. The first kappa shape index (κ1) is 16.7. The van der Waals surface area contributed by atoms with E-state index in [1.54, 1.807) is 12.1 Å². The first-order chi connectivity index (χ1) is 9.67. The average Bonchev–Trinajstić information content (AvgIpc) is 2.45. The highest BCUT2D eigenvalue weighted by molar-refractivity contribution is 5.87. The summed E-state index contributed by atoms with van der Waals surface area (Å²) in [5.74, 6) is -0.849. The lowest BCUT2D eigenvalue weighted by Gasteiger charge is -2.22. The summed E-state index contributed by atoms with van der Waals surface area (Å²) in [5.41, 5.74) is 1.48. The molecule has 0 aliphatic heterocycles. The fourth-order valence-corrected chi connectivity index (χ4v) is 2.30. The molecule has 0 saturated carbocycles. The number of unbranched alkanes of at least 4 members (excludes halogenated alkanes) is 3. The average molecular weight is 277 g/mol. The van der Waals surface area contributed by atoms with Gasteiger partial charge in [-0.05, 0) is 43.6 Å². The Morgan fingerprint density at radius 1 is 1.10 bits per heavy atom. The van der Waals surface area contributed by atoms with Gasteiger partial charge in [0.15, 0.2) is 0 Å². The number of hydrogen-bond acceptors (Lipinski definition) is 2. The van der Waals surface area contributed by atoms with Gasteiger partial charge in [0, 0.05) is 6.54 Å². The van der Waals surface area contributed by atoms with Crippen LogP contribution in [-0.2, 0) is 6.54 Å². The Kier molecular flexibility index (Phi) is 7.97. The Hall–Kier alpha value is -1.35. The molecule has 0 bridgehead atoms. The number of nitrogens with zero attached hydrogens (tertiary/aromatic N) is 1. The number of carboxylic acids is 1. The van der Waals surface area contributed by atoms with Crippen molar-refractivity contribution in [3.63, 3.8) is 0 Å². The Bertz CT molecular complexity index is 404. The second-order valence-corrected chi connectivity index (χ2v) is 5.34. The highest BCUT2D eigenvalue weighted by Crippen LogP contribution is 2.11. The van der Waals surface area contributed by atoms with Gasteiger partial charge < -0.3 is 5.11 Å². The molecule has 0 radical (unpaired) electrons. The highest BCUT2D eigenvalue weighted by Gasteiger charge is 2.08. The minimum atomic E-state index is -0.849. The molecule has 1 N–H and O–H groups in total. The molecule has 0 atom stereocenters. The van der Waals surface area contributed by atoms with Gasteiger partial charge in [0.05, 0.1) is 5.56 Å². The second kappa shape index (κ2) is 9.54. The number of benzene rings is 1. The van der Waals surface area contributed by atoms with Crippen molar-refractivity contribution >= 4 is 5.97 Å². The van der Waals surface area contributed by atoms with Crippen LogP contribution in [0.15, 0.2) is 24.3 Å². The van der Waals surface area contributed by atoms with Gasteiger partial charge in [-0.1, -0.05) is 45.2 Å². The number of aromatic carboxylic acids is 1. The van der Waals surface area contributed by atoms with E-state index in [-0.39, 0.29) is 0 Å². The summed E-state index contributed by atoms with van der Waals surface area (Å²) in [6.07, 6.45) is 6.11. The van der Waals surface area contributed by atoms with Crippen LogP contribution in [-0.4, -0.2) is 29.1 Å². The van der Waals surface area contributed by atoms with Crippen molar-refractivity contribution in [3.05, 3.63) is 35.4 Å². The van der Waals surface area contributed by atoms with Crippen LogP contribution in [0.3, 0.4) is 0 Å². The number of rotatable bonds is 10. The van der Waals surface area contributed by atoms with Gasteiger partial charge >= 0.3 is 5.97 Å². The molecule has 20 heavy (non-hydrogen) atoms. The number of carbonyl (C=O) groups is 1. The van der Waals surface area contributed by atoms with Crippen LogP contribution in [0.25, 0.3) is 0 Å². The van der Waals surface area contributed by atoms with Crippen molar-refractivity contribution in [1.82, 2.24) is 4.90 Å². The Morgan fingerprint density at radius 2 is 1.80 bits per heavy atom. The van der Waals surface area contributed by atoms with E-state index in [1.165, 1.54) is 32.1 Å². The van der Waals surface area contributed by atoms with E-state index in [0.29, 0.717) is 5.56 Å². The van der Waals surface area contributed by atoms with Crippen LogP contribution >= 0.6 is 0 Å². The summed E-state index contributed by atoms with van der Waals surface area (Å²) in [7, 11) is 0. The molecule has 0 saturated heterocycles. The standard InChI is InChI=1S/C17H27NO2/c1-3-5-7-12-18(11-6-4-2)14-15-9-8-10-16(13-15)17(19)20/h8-10,13H,3-7,11-12,14H2,1-2H3,(H,19,20). The lowest BCUT2D eigenvalue weighted by Crippen LogP contribution is -2.25. The van der Waals surface area contributed by atoms with Crippen LogP contribution in [0.4, 0.5) is 0 Å². The minimum Gasteiger partial charge on any atom is -0.478 e. The summed E-state index contributed by atoms with van der Waals surface area (Å²) < 4.78 is 0. The molecule has 1 aromatic rings. The molecule has 0 heterocycles. The van der Waals surface area contributed by atoms with Crippen LogP contribution in [0.1, 0.15) is 61.9 Å². The molecule has 112 valence electrons. The van der Waals surface area contributed by atoms with Crippen molar-refractivity contribution in [2.45, 2.75) is 52.5 Å². The zero-order valence-corrected chi connectivity index (χ0v) is 12.8. The summed E-state index contributed by atoms with van der Waals surface area (Å²) in [5, 5.41) is 9.04. The van der Waals surface area contributed by atoms with Crippen LogP contribution in [0.5, 0.6) is 0 Å². The molecule has 0 aliphatic carbocycles. The fraction of sp³-hybridized carbons (Fsp3) is 0.588. The summed E-state index contributed by atoms with van der Waals surface area (Å²) in [4.78, 5) is 13.5. The van der Waals surface area contributed by atoms with Crippen molar-refractivity contribution in [2.75, 3.05) is 13.1 Å². The molecule has 0 unspecified atom stereocenters. The zero-order chi connectivity index (χ0) is 14.8. The molecule has 0 aliphatic rings. The second-order valence-electron chi connectivity index (χ2n) is 5.34. The summed E-state index contributed by atoms with van der Waals surface area (Å²) in [6.45, 7) is 7.47. The van der Waals surface area contributed by atoms with Crippen LogP contribution in [0, 0.1) is 0 Å². The Labute approximate surface area is 122 Å². The quantitative estimate of drug-likeness (QED) is 0.652. The van der Waals surface area contributed by atoms with Crippen LogP contribution < -0.4 is 0 Å². The SMILES string of the molecule is CCCCCN(CCCC)Cc1cccc(C(=O)O)c1. The molecule has 3 nitrogen and oxygen atoms in total. The van der Waals surface area contributed by atoms with Gasteiger partial charge in [-0.15, -0.1) is 0 Å². The largest absolute Gasteiger partial charge is 0.478 e. The van der Waals surface area contributed by atoms with E-state index in [0.717, 1.165) is 25.2 Å². The lowest BCUT2D eigenvalue weighted by atomic mass is 10.1. The number of carboxylic acid groups (broad SMARTS) is 1. The van der Waals surface area contributed by atoms with E-state index in [2.05, 4.69) is 18.7 Å². The van der Waals surface area contributed by atoms with E-state index in [9.17, 15) is 4.79 Å². The molecule has 1 rings (SSSR count). The van der Waals surface area contributed by atoms with Crippen molar-refractivity contribution in [2.24, 2.45) is 0 Å². The van der Waals surface area contributed by atoms with Crippen molar-refractivity contribution in [1.29, 1.82) is 0 Å². The van der Waals surface area contributed by atoms with Crippen molar-refractivity contribution in [3.8, 4) is 0 Å². The third-order valence-electron chi connectivity index (χ3n) is 3.49. The van der Waals surface area contributed by atoms with Gasteiger partial charge in [-0.3, -0.25) is 4.90 Å². The lowest BCUT2D eigenvalue weighted by molar-refractivity contribution is 0.0696. The Morgan fingerprint density at radius 3 is 2.45 bits per heavy atom. The van der Waals surface area contributed by atoms with Crippen molar-refractivity contribution < 1.29 is 9.90 Å². The first-order valence-corrected chi connectivity index (χ1v) is 7.72. The maximum Gasteiger partial charge on any atom is 0.335 e. The third kappa shape index (κ3) is 6.20. The first-order valence-electron chi connectivity index (χ1n) is 7.72. The van der Waals surface area contributed by atoms with Gasteiger partial charge in [-0.25, -0.2) is 4.79 Å². The fourth-order valence-electron chi connectivity index (χ4n) is 2.30. The van der Waals surface area contributed by atoms with E-state index >= 15 is 0 Å². The van der Waals surface area contributed by atoms with E-state index in [4.69, 9.17) is 5.11 Å². The minimum absolute atomic E-state index is 0.381. The predicted molar refractivity (Wildman–Crippen MR) is 83.1 cm³/mol. The number of hydrogen-bond donors (Lipinski definition) is 1. The zero-order valence-electron chi connectivity index (χ0n) is 12.8. The topological polar surface area (TPSA) is 40.5 Å². The molecule has 1 aromatic carbocycles. The van der Waals surface area contributed by atoms with E-state index < -0.39 is 5.97 Å². The third-order valence-corrected chi connectivity index (χ3v) is 3.49. The molecule has 0 fully saturated rings. The normalized spacial score (nSPS) is 10.9. The van der Waals surface area contributed by atoms with Crippen LogP contribution in [0.2, 0.25) is 0 Å². The van der Waals surface area contributed by atoms with Gasteiger partial charge in [-0.2, -0.15) is 0 Å². The monoisotopic (exact) mass is 277 g/mol. The molecule has 0 aromatic heterocycles. The molecule has 3 heteroatoms. The predicted octanol–water partition coefficient (Wildman–Crippen LogP) is 4.18. The molecular formula is C17H27NO2. The smallest absolute Gasteiger partial charge is 0.335 e. The van der Waals surface area contributed by atoms with Gasteiger partial charge in [0.25, 0.3) is 0 Å². The Balaban J connectivity index is 2.62. The van der Waals surface area contributed by atoms with E-state index in [1.807, 2.05) is 12.1 Å². The summed E-state index contributed by atoms with van der Waals surface area (Å²) in [6, 6.07) is 7.30. The van der Waals surface area contributed by atoms with Gasteiger partial charge in [0.2, 0.25) is 0 Å². The molecule has 0 spiro atoms. The van der Waals surface area contributed by atoms with Gasteiger partial charge in [0.1, 0.15) is 0 Å². The molecular weight excluding hydrogens is 250 g/mol. The maximum absolute atomic E-state index is 11.0.